The van der Waals surface area contributed by atoms with Crippen LogP contribution in [0.4, 0.5) is 0 Å². The van der Waals surface area contributed by atoms with E-state index in [9.17, 15) is 14.8 Å². The molecule has 0 atom stereocenters. The topological polar surface area (TPSA) is 80.9 Å². The molecule has 0 amide bonds. The standard InChI is InChI=1S/C26H24N2O4/c1-3-32-25(29)13-14-28-23-11-9-19(17(2)27-31)15-21(23)22-16-20(10-12-24(22)28)26(30)18-7-5-4-6-8-18/h4-12,15-16,31H,3,13-14H2,1-2H3/b27-17-. The van der Waals surface area contributed by atoms with Crippen LogP contribution in [-0.4, -0.2) is 33.8 Å². The van der Waals surface area contributed by atoms with E-state index >= 15 is 0 Å². The predicted molar refractivity (Wildman–Crippen MR) is 125 cm³/mol. The minimum Gasteiger partial charge on any atom is -0.466 e. The molecule has 0 aliphatic rings. The smallest absolute Gasteiger partial charge is 0.307 e. The van der Waals surface area contributed by atoms with Crippen molar-refractivity contribution >= 4 is 39.3 Å². The molecule has 32 heavy (non-hydrogen) atoms. The van der Waals surface area contributed by atoms with Crippen LogP contribution >= 0.6 is 0 Å². The van der Waals surface area contributed by atoms with Crippen molar-refractivity contribution in [3.05, 3.63) is 83.4 Å². The first-order chi connectivity index (χ1) is 15.5. The molecular formula is C26H24N2O4. The van der Waals surface area contributed by atoms with Gasteiger partial charge in [0.05, 0.1) is 18.7 Å². The van der Waals surface area contributed by atoms with Crippen molar-refractivity contribution < 1.29 is 19.5 Å². The van der Waals surface area contributed by atoms with Gasteiger partial charge in [-0.1, -0.05) is 41.6 Å². The Morgan fingerprint density at radius 3 is 2.16 bits per heavy atom. The second-order valence-electron chi connectivity index (χ2n) is 7.55. The summed E-state index contributed by atoms with van der Waals surface area (Å²) in [6, 6.07) is 20.6. The summed E-state index contributed by atoms with van der Waals surface area (Å²) in [6.45, 7) is 4.32. The highest BCUT2D eigenvalue weighted by Gasteiger charge is 2.16. The van der Waals surface area contributed by atoms with Gasteiger partial charge >= 0.3 is 5.97 Å². The summed E-state index contributed by atoms with van der Waals surface area (Å²) in [4.78, 5) is 25.0. The number of nitrogens with zero attached hydrogens (tertiary/aromatic N) is 2. The van der Waals surface area contributed by atoms with Crippen molar-refractivity contribution in [3.63, 3.8) is 0 Å². The van der Waals surface area contributed by atoms with Crippen molar-refractivity contribution in [1.82, 2.24) is 4.57 Å². The van der Waals surface area contributed by atoms with E-state index in [1.807, 2.05) is 54.6 Å². The molecule has 1 heterocycles. The zero-order valence-corrected chi connectivity index (χ0v) is 18.0. The highest BCUT2D eigenvalue weighted by Crippen LogP contribution is 2.32. The number of esters is 1. The number of fused-ring (bicyclic) bond motifs is 3. The molecule has 4 aromatic rings. The normalized spacial score (nSPS) is 11.8. The molecule has 1 aromatic heterocycles. The van der Waals surface area contributed by atoms with Crippen LogP contribution in [-0.2, 0) is 16.1 Å². The van der Waals surface area contributed by atoms with Gasteiger partial charge in [0.25, 0.3) is 0 Å². The third-order valence-electron chi connectivity index (χ3n) is 5.58. The number of aryl methyl sites for hydroxylation is 1. The SMILES string of the molecule is CCOC(=O)CCn1c2ccc(C(=O)c3ccccc3)cc2c2cc(/C(C)=N\O)ccc21. The number of rotatable bonds is 7. The van der Waals surface area contributed by atoms with E-state index in [1.54, 1.807) is 26.0 Å². The van der Waals surface area contributed by atoms with Crippen LogP contribution in [0.5, 0.6) is 0 Å². The number of ketones is 1. The molecule has 0 fully saturated rings. The molecule has 0 bridgehead atoms. The lowest BCUT2D eigenvalue weighted by Gasteiger charge is -2.08. The Kier molecular flexibility index (Phi) is 6.03. The van der Waals surface area contributed by atoms with E-state index in [1.165, 1.54) is 0 Å². The van der Waals surface area contributed by atoms with E-state index in [4.69, 9.17) is 4.74 Å². The number of aromatic nitrogens is 1. The van der Waals surface area contributed by atoms with Crippen molar-refractivity contribution in [2.24, 2.45) is 5.16 Å². The van der Waals surface area contributed by atoms with Crippen LogP contribution in [0.15, 0.2) is 71.9 Å². The molecular weight excluding hydrogens is 404 g/mol. The summed E-state index contributed by atoms with van der Waals surface area (Å²) >= 11 is 0. The maximum absolute atomic E-state index is 13.0. The summed E-state index contributed by atoms with van der Waals surface area (Å²) < 4.78 is 7.15. The third-order valence-corrected chi connectivity index (χ3v) is 5.58. The number of carbonyl (C=O) groups is 2. The lowest BCUT2D eigenvalue weighted by Crippen LogP contribution is -2.09. The Morgan fingerprint density at radius 2 is 1.53 bits per heavy atom. The molecule has 6 heteroatoms. The van der Waals surface area contributed by atoms with Gasteiger partial charge < -0.3 is 14.5 Å². The summed E-state index contributed by atoms with van der Waals surface area (Å²) in [5.41, 5.74) is 4.35. The van der Waals surface area contributed by atoms with Crippen molar-refractivity contribution in [2.45, 2.75) is 26.8 Å². The fraction of sp³-hybridized carbons (Fsp3) is 0.192. The molecule has 0 saturated carbocycles. The maximum Gasteiger partial charge on any atom is 0.307 e. The molecule has 0 aliphatic heterocycles. The number of benzene rings is 3. The Morgan fingerprint density at radius 1 is 0.906 bits per heavy atom. The van der Waals surface area contributed by atoms with E-state index in [-0.39, 0.29) is 18.2 Å². The summed E-state index contributed by atoms with van der Waals surface area (Å²) in [5.74, 6) is -0.303. The van der Waals surface area contributed by atoms with Crippen molar-refractivity contribution in [1.29, 1.82) is 0 Å². The fourth-order valence-corrected chi connectivity index (χ4v) is 3.96. The molecule has 6 nitrogen and oxygen atoms in total. The van der Waals surface area contributed by atoms with Crippen LogP contribution in [0.25, 0.3) is 21.8 Å². The summed E-state index contributed by atoms with van der Waals surface area (Å²) in [5, 5.41) is 14.3. The summed E-state index contributed by atoms with van der Waals surface area (Å²) in [7, 11) is 0. The van der Waals surface area contributed by atoms with Gasteiger partial charge in [-0.05, 0) is 49.7 Å². The molecule has 3 aromatic carbocycles. The maximum atomic E-state index is 13.0. The Bertz CT molecular complexity index is 1340. The van der Waals surface area contributed by atoms with Gasteiger partial charge in [-0.3, -0.25) is 9.59 Å². The second kappa shape index (κ2) is 9.06. The van der Waals surface area contributed by atoms with Gasteiger partial charge in [0.1, 0.15) is 0 Å². The average molecular weight is 428 g/mol. The minimum atomic E-state index is -0.252. The first-order valence-corrected chi connectivity index (χ1v) is 10.5. The van der Waals surface area contributed by atoms with E-state index in [0.717, 1.165) is 27.4 Å². The monoisotopic (exact) mass is 428 g/mol. The number of ether oxygens (including phenoxy) is 1. The number of oxime groups is 1. The van der Waals surface area contributed by atoms with E-state index < -0.39 is 0 Å². The quantitative estimate of drug-likeness (QED) is 0.145. The van der Waals surface area contributed by atoms with Crippen molar-refractivity contribution in [2.75, 3.05) is 6.61 Å². The molecule has 1 N–H and O–H groups in total. The van der Waals surface area contributed by atoms with Gasteiger partial charge in [-0.2, -0.15) is 0 Å². The Balaban J connectivity index is 1.87. The molecule has 4 rings (SSSR count). The molecule has 0 spiro atoms. The first kappa shape index (κ1) is 21.3. The number of hydrogen-bond acceptors (Lipinski definition) is 5. The highest BCUT2D eigenvalue weighted by atomic mass is 16.5. The molecule has 0 unspecified atom stereocenters. The van der Waals surface area contributed by atoms with Gasteiger partial charge in [0.2, 0.25) is 0 Å². The van der Waals surface area contributed by atoms with Crippen LogP contribution in [0, 0.1) is 0 Å². The largest absolute Gasteiger partial charge is 0.466 e. The fourth-order valence-electron chi connectivity index (χ4n) is 3.96. The van der Waals surface area contributed by atoms with Gasteiger partial charge in [-0.25, -0.2) is 0 Å². The van der Waals surface area contributed by atoms with Crippen LogP contribution in [0.2, 0.25) is 0 Å². The zero-order valence-electron chi connectivity index (χ0n) is 18.0. The van der Waals surface area contributed by atoms with Crippen LogP contribution < -0.4 is 0 Å². The molecule has 0 saturated heterocycles. The average Bonchev–Trinajstić information content (AvgIpc) is 3.14. The van der Waals surface area contributed by atoms with Gasteiger partial charge in [0, 0.05) is 39.5 Å². The Labute approximate surface area is 185 Å². The van der Waals surface area contributed by atoms with Crippen LogP contribution in [0.3, 0.4) is 0 Å². The zero-order chi connectivity index (χ0) is 22.7. The second-order valence-corrected chi connectivity index (χ2v) is 7.55. The molecule has 162 valence electrons. The number of carbonyl (C=O) groups excluding carboxylic acids is 2. The highest BCUT2D eigenvalue weighted by molar-refractivity contribution is 6.15. The van der Waals surface area contributed by atoms with E-state index in [0.29, 0.717) is 30.0 Å². The molecule has 0 radical (unpaired) electrons. The minimum absolute atomic E-state index is 0.0517. The molecule has 0 aliphatic carbocycles. The van der Waals surface area contributed by atoms with Gasteiger partial charge in [0.15, 0.2) is 5.78 Å². The van der Waals surface area contributed by atoms with E-state index in [2.05, 4.69) is 9.72 Å². The van der Waals surface area contributed by atoms with Crippen LogP contribution in [0.1, 0.15) is 41.8 Å². The first-order valence-electron chi connectivity index (χ1n) is 10.5. The lowest BCUT2D eigenvalue weighted by atomic mass is 10.0. The number of hydrogen-bond donors (Lipinski definition) is 1. The summed E-state index contributed by atoms with van der Waals surface area (Å²) in [6.07, 6.45) is 0.246. The van der Waals surface area contributed by atoms with Crippen molar-refractivity contribution in [3.8, 4) is 0 Å². The lowest BCUT2D eigenvalue weighted by molar-refractivity contribution is -0.143. The predicted octanol–water partition coefficient (Wildman–Crippen LogP) is 5.18. The Hall–Kier alpha value is -3.93. The third kappa shape index (κ3) is 3.99. The van der Waals surface area contributed by atoms with Gasteiger partial charge in [-0.15, -0.1) is 0 Å².